The molecule has 1 aliphatic rings. The van der Waals surface area contributed by atoms with E-state index in [0.29, 0.717) is 37.9 Å². The fraction of sp³-hybridized carbons (Fsp3) is 0.381. The summed E-state index contributed by atoms with van der Waals surface area (Å²) in [6, 6.07) is 7.14. The summed E-state index contributed by atoms with van der Waals surface area (Å²) < 4.78 is 6.67. The average Bonchev–Trinajstić information content (AvgIpc) is 3.26. The monoisotopic (exact) mass is 408 g/mol. The number of carbonyl (C=O) groups is 1. The quantitative estimate of drug-likeness (QED) is 0.650. The molecular weight excluding hydrogens is 384 g/mol. The molecule has 1 fully saturated rings. The Morgan fingerprint density at radius 2 is 1.90 bits per heavy atom. The molecule has 3 aromatic rings. The van der Waals surface area contributed by atoms with Crippen LogP contribution in [-0.4, -0.2) is 56.7 Å². The van der Waals surface area contributed by atoms with Gasteiger partial charge >= 0.3 is 0 Å². The minimum absolute atomic E-state index is 0.175. The molecule has 1 amide bonds. The maximum Gasteiger partial charge on any atom is 0.263 e. The third-order valence-corrected chi connectivity index (χ3v) is 5.19. The summed E-state index contributed by atoms with van der Waals surface area (Å²) in [6.07, 6.45) is 3.38. The number of aryl methyl sites for hydroxylation is 1. The topological polar surface area (TPSA) is 97.4 Å². The molecule has 0 unspecified atom stereocenters. The first-order valence-electron chi connectivity index (χ1n) is 9.94. The van der Waals surface area contributed by atoms with Crippen LogP contribution in [0.1, 0.15) is 36.0 Å². The Hall–Kier alpha value is -3.49. The highest BCUT2D eigenvalue weighted by molar-refractivity contribution is 5.94. The molecule has 0 N–H and O–H groups in total. The van der Waals surface area contributed by atoms with Gasteiger partial charge in [0.15, 0.2) is 0 Å². The van der Waals surface area contributed by atoms with Gasteiger partial charge in [-0.3, -0.25) is 9.59 Å². The van der Waals surface area contributed by atoms with E-state index in [4.69, 9.17) is 4.52 Å². The number of aromatic nitrogens is 4. The van der Waals surface area contributed by atoms with E-state index in [-0.39, 0.29) is 22.9 Å². The molecule has 30 heavy (non-hydrogen) atoms. The van der Waals surface area contributed by atoms with Gasteiger partial charge in [-0.05, 0) is 24.3 Å². The van der Waals surface area contributed by atoms with Crippen LogP contribution in [0.3, 0.4) is 0 Å². The zero-order valence-corrected chi connectivity index (χ0v) is 17.3. The summed E-state index contributed by atoms with van der Waals surface area (Å²) in [5, 5.41) is 4.01. The van der Waals surface area contributed by atoms with Gasteiger partial charge in [0.05, 0.1) is 0 Å². The fourth-order valence-corrected chi connectivity index (χ4v) is 3.36. The molecule has 0 atom stereocenters. The Morgan fingerprint density at radius 3 is 2.53 bits per heavy atom. The van der Waals surface area contributed by atoms with Crippen molar-refractivity contribution in [3.8, 4) is 11.4 Å². The van der Waals surface area contributed by atoms with Crippen LogP contribution in [0.25, 0.3) is 11.4 Å². The number of hydrogen-bond donors (Lipinski definition) is 0. The number of hydrogen-bond acceptors (Lipinski definition) is 7. The van der Waals surface area contributed by atoms with Crippen molar-refractivity contribution in [1.82, 2.24) is 24.6 Å². The van der Waals surface area contributed by atoms with Crippen LogP contribution in [-0.2, 0) is 7.05 Å². The molecule has 0 radical (unpaired) electrons. The Labute approximate surface area is 174 Å². The van der Waals surface area contributed by atoms with Crippen LogP contribution in [0, 0.1) is 0 Å². The molecule has 4 rings (SSSR count). The van der Waals surface area contributed by atoms with E-state index in [1.807, 2.05) is 26.0 Å². The van der Waals surface area contributed by atoms with Gasteiger partial charge in [-0.25, -0.2) is 4.98 Å². The average molecular weight is 408 g/mol. The lowest BCUT2D eigenvalue weighted by molar-refractivity contribution is 0.0744. The second kappa shape index (κ2) is 8.10. The first-order chi connectivity index (χ1) is 14.4. The van der Waals surface area contributed by atoms with Gasteiger partial charge < -0.3 is 18.9 Å². The number of rotatable bonds is 4. The minimum atomic E-state index is -0.274. The summed E-state index contributed by atoms with van der Waals surface area (Å²) in [4.78, 5) is 37.7. The molecule has 0 aromatic carbocycles. The van der Waals surface area contributed by atoms with Crippen LogP contribution in [0.5, 0.6) is 0 Å². The summed E-state index contributed by atoms with van der Waals surface area (Å²) in [5.41, 5.74) is 0.726. The van der Waals surface area contributed by atoms with E-state index >= 15 is 0 Å². The van der Waals surface area contributed by atoms with Crippen LogP contribution < -0.4 is 10.5 Å². The second-order valence-corrected chi connectivity index (χ2v) is 7.63. The lowest BCUT2D eigenvalue weighted by Gasteiger charge is -2.35. The molecule has 9 heteroatoms. The molecule has 9 nitrogen and oxygen atoms in total. The van der Waals surface area contributed by atoms with Crippen LogP contribution in [0.4, 0.5) is 5.82 Å². The maximum atomic E-state index is 12.7. The highest BCUT2D eigenvalue weighted by atomic mass is 16.5. The highest BCUT2D eigenvalue weighted by Gasteiger charge is 2.24. The number of piperazine rings is 1. The molecular formula is C21H24N6O3. The molecule has 3 aromatic heterocycles. The lowest BCUT2D eigenvalue weighted by atomic mass is 10.2. The van der Waals surface area contributed by atoms with Gasteiger partial charge in [0.2, 0.25) is 11.7 Å². The predicted molar refractivity (Wildman–Crippen MR) is 111 cm³/mol. The van der Waals surface area contributed by atoms with Crippen molar-refractivity contribution in [3.05, 3.63) is 58.5 Å². The smallest absolute Gasteiger partial charge is 0.263 e. The van der Waals surface area contributed by atoms with Gasteiger partial charge in [0.25, 0.3) is 11.5 Å². The van der Waals surface area contributed by atoms with Crippen LogP contribution in [0.15, 0.2) is 46.0 Å². The lowest BCUT2D eigenvalue weighted by Crippen LogP contribution is -2.50. The van der Waals surface area contributed by atoms with Gasteiger partial charge in [-0.15, -0.1) is 0 Å². The minimum Gasteiger partial charge on any atom is -0.353 e. The third-order valence-electron chi connectivity index (χ3n) is 5.19. The largest absolute Gasteiger partial charge is 0.353 e. The Balaban J connectivity index is 1.41. The Morgan fingerprint density at radius 1 is 1.13 bits per heavy atom. The van der Waals surface area contributed by atoms with Gasteiger partial charge in [0, 0.05) is 57.1 Å². The van der Waals surface area contributed by atoms with E-state index in [1.165, 1.54) is 4.57 Å². The molecule has 1 aliphatic heterocycles. The van der Waals surface area contributed by atoms with Gasteiger partial charge in [-0.2, -0.15) is 4.98 Å². The fourth-order valence-electron chi connectivity index (χ4n) is 3.36. The molecule has 1 saturated heterocycles. The molecule has 156 valence electrons. The molecule has 0 saturated carbocycles. The molecule has 0 spiro atoms. The van der Waals surface area contributed by atoms with E-state index in [0.717, 1.165) is 11.4 Å². The maximum absolute atomic E-state index is 12.7. The van der Waals surface area contributed by atoms with Crippen LogP contribution >= 0.6 is 0 Å². The Kier molecular flexibility index (Phi) is 5.35. The second-order valence-electron chi connectivity index (χ2n) is 7.63. The normalized spacial score (nSPS) is 14.4. The van der Waals surface area contributed by atoms with Crippen molar-refractivity contribution in [2.75, 3.05) is 31.1 Å². The van der Waals surface area contributed by atoms with Crippen molar-refractivity contribution >= 4 is 11.7 Å². The standard InChI is InChI=1S/C21H24N6O3/c1-14(2)19-23-18(24-30-19)15-6-7-17(22-13-15)26-9-11-27(12-10-26)21(29)16-5-4-8-25(3)20(16)28/h4-8,13-14H,9-12H2,1-3H3. The predicted octanol–water partition coefficient (Wildman–Crippen LogP) is 1.92. The zero-order valence-electron chi connectivity index (χ0n) is 17.3. The van der Waals surface area contributed by atoms with Gasteiger partial charge in [-0.1, -0.05) is 19.0 Å². The summed E-state index contributed by atoms with van der Waals surface area (Å²) >= 11 is 0. The SMILES string of the molecule is CC(C)c1nc(-c2ccc(N3CCN(C(=O)c4cccn(C)c4=O)CC3)nc2)no1. The third kappa shape index (κ3) is 3.83. The zero-order chi connectivity index (χ0) is 21.3. The number of amides is 1. The molecule has 0 aliphatic carbocycles. The van der Waals surface area contributed by atoms with Crippen molar-refractivity contribution in [3.63, 3.8) is 0 Å². The van der Waals surface area contributed by atoms with E-state index < -0.39 is 0 Å². The number of pyridine rings is 2. The number of anilines is 1. The number of nitrogens with zero attached hydrogens (tertiary/aromatic N) is 6. The summed E-state index contributed by atoms with van der Waals surface area (Å²) in [5.74, 6) is 1.90. The first-order valence-corrected chi connectivity index (χ1v) is 9.94. The van der Waals surface area contributed by atoms with Crippen LogP contribution in [0.2, 0.25) is 0 Å². The molecule has 4 heterocycles. The van der Waals surface area contributed by atoms with E-state index in [9.17, 15) is 9.59 Å². The van der Waals surface area contributed by atoms with Crippen molar-refractivity contribution in [2.24, 2.45) is 7.05 Å². The summed E-state index contributed by atoms with van der Waals surface area (Å²) in [7, 11) is 1.64. The first kappa shape index (κ1) is 19.8. The van der Waals surface area contributed by atoms with E-state index in [2.05, 4.69) is 20.0 Å². The summed E-state index contributed by atoms with van der Waals surface area (Å²) in [6.45, 7) is 6.35. The van der Waals surface area contributed by atoms with Gasteiger partial charge in [0.1, 0.15) is 11.4 Å². The number of carbonyl (C=O) groups excluding carboxylic acids is 1. The van der Waals surface area contributed by atoms with E-state index in [1.54, 1.807) is 36.5 Å². The van der Waals surface area contributed by atoms with Crippen molar-refractivity contribution in [1.29, 1.82) is 0 Å². The van der Waals surface area contributed by atoms with Crippen molar-refractivity contribution in [2.45, 2.75) is 19.8 Å². The Bertz CT molecular complexity index is 1090. The molecule has 0 bridgehead atoms. The highest BCUT2D eigenvalue weighted by Crippen LogP contribution is 2.21. The van der Waals surface area contributed by atoms with Crippen molar-refractivity contribution < 1.29 is 9.32 Å².